The summed E-state index contributed by atoms with van der Waals surface area (Å²) in [4.78, 5) is 0. The number of nitrogens with zero attached hydrogens (tertiary/aromatic N) is 2. The Morgan fingerprint density at radius 1 is 1.40 bits per heavy atom. The molecule has 1 aromatic heterocycles. The second-order valence-corrected chi connectivity index (χ2v) is 5.06. The lowest BCUT2D eigenvalue weighted by atomic mass is 10.2. The van der Waals surface area contributed by atoms with E-state index in [1.807, 2.05) is 35.1 Å². The molecular weight excluding hydrogens is 250 g/mol. The first-order valence-corrected chi connectivity index (χ1v) is 7.07. The van der Waals surface area contributed by atoms with Gasteiger partial charge in [0, 0.05) is 29.9 Å². The number of nitrogens with one attached hydrogen (secondary N) is 1. The van der Waals surface area contributed by atoms with Crippen LogP contribution in [0.4, 0.5) is 0 Å². The summed E-state index contributed by atoms with van der Waals surface area (Å²) in [5, 5.41) is 7.98. The van der Waals surface area contributed by atoms with Gasteiger partial charge in [0.1, 0.15) is 5.75 Å². The Hall–Kier alpha value is -1.81. The van der Waals surface area contributed by atoms with Crippen LogP contribution >= 0.6 is 0 Å². The van der Waals surface area contributed by atoms with Crippen LogP contribution in [-0.2, 0) is 6.54 Å². The van der Waals surface area contributed by atoms with Crippen molar-refractivity contribution in [2.24, 2.45) is 0 Å². The van der Waals surface area contributed by atoms with Gasteiger partial charge >= 0.3 is 0 Å². The molecule has 0 fully saturated rings. The van der Waals surface area contributed by atoms with Crippen molar-refractivity contribution in [3.63, 3.8) is 0 Å². The monoisotopic (exact) mass is 273 g/mol. The molecule has 0 aliphatic rings. The van der Waals surface area contributed by atoms with Gasteiger partial charge in [-0.05, 0) is 32.4 Å². The number of hydrogen-bond acceptors (Lipinski definition) is 3. The van der Waals surface area contributed by atoms with Gasteiger partial charge in [-0.2, -0.15) is 5.10 Å². The summed E-state index contributed by atoms with van der Waals surface area (Å²) >= 11 is 0. The fourth-order valence-corrected chi connectivity index (χ4v) is 2.05. The third-order valence-electron chi connectivity index (χ3n) is 3.66. The van der Waals surface area contributed by atoms with Crippen LogP contribution in [0.1, 0.15) is 31.5 Å². The minimum atomic E-state index is 0.523. The van der Waals surface area contributed by atoms with E-state index in [-0.39, 0.29) is 0 Å². The highest BCUT2D eigenvalue weighted by molar-refractivity contribution is 5.40. The minimum Gasteiger partial charge on any atom is -0.497 e. The summed E-state index contributed by atoms with van der Waals surface area (Å²) in [6.45, 7) is 7.33. The van der Waals surface area contributed by atoms with Gasteiger partial charge in [0.05, 0.1) is 19.0 Å². The quantitative estimate of drug-likeness (QED) is 0.879. The molecule has 2 rings (SSSR count). The van der Waals surface area contributed by atoms with Crippen molar-refractivity contribution >= 4 is 0 Å². The largest absolute Gasteiger partial charge is 0.497 e. The summed E-state index contributed by atoms with van der Waals surface area (Å²) in [6.07, 6.45) is 3.06. The van der Waals surface area contributed by atoms with Crippen LogP contribution in [0, 0.1) is 6.92 Å². The predicted molar refractivity (Wildman–Crippen MR) is 81.4 cm³/mol. The first-order chi connectivity index (χ1) is 9.65. The molecule has 20 heavy (non-hydrogen) atoms. The molecule has 4 heteroatoms. The van der Waals surface area contributed by atoms with Gasteiger partial charge in [-0.1, -0.05) is 13.0 Å². The molecule has 1 unspecified atom stereocenters. The molecule has 0 aliphatic carbocycles. The molecule has 0 radical (unpaired) electrons. The molecule has 108 valence electrons. The second kappa shape index (κ2) is 6.57. The van der Waals surface area contributed by atoms with E-state index < -0.39 is 0 Å². The Bertz CT molecular complexity index is 563. The third kappa shape index (κ3) is 3.20. The van der Waals surface area contributed by atoms with Crippen LogP contribution < -0.4 is 10.1 Å². The molecule has 0 amide bonds. The maximum Gasteiger partial charge on any atom is 0.121 e. The number of aromatic nitrogens is 2. The van der Waals surface area contributed by atoms with Crippen molar-refractivity contribution in [1.29, 1.82) is 0 Å². The van der Waals surface area contributed by atoms with Gasteiger partial charge in [0.25, 0.3) is 0 Å². The predicted octanol–water partition coefficient (Wildman–Crippen LogP) is 3.08. The Morgan fingerprint density at radius 3 is 2.90 bits per heavy atom. The fraction of sp³-hybridized carbons (Fsp3) is 0.438. The zero-order chi connectivity index (χ0) is 14.5. The Kier molecular flexibility index (Phi) is 4.79. The van der Waals surface area contributed by atoms with Crippen LogP contribution in [0.3, 0.4) is 0 Å². The van der Waals surface area contributed by atoms with E-state index >= 15 is 0 Å². The molecule has 0 spiro atoms. The molecule has 0 aliphatic heterocycles. The molecule has 0 saturated carbocycles. The SMILES string of the molecule is CCC(C)NCc1cnn(-c2cccc(OC)c2)c1C. The van der Waals surface area contributed by atoms with E-state index in [9.17, 15) is 0 Å². The molecule has 0 bridgehead atoms. The number of hydrogen-bond donors (Lipinski definition) is 1. The lowest BCUT2D eigenvalue weighted by Crippen LogP contribution is -2.24. The zero-order valence-corrected chi connectivity index (χ0v) is 12.7. The van der Waals surface area contributed by atoms with E-state index in [4.69, 9.17) is 4.74 Å². The van der Waals surface area contributed by atoms with Gasteiger partial charge in [0.2, 0.25) is 0 Å². The van der Waals surface area contributed by atoms with Gasteiger partial charge in [-0.25, -0.2) is 4.68 Å². The molecule has 1 N–H and O–H groups in total. The first-order valence-electron chi connectivity index (χ1n) is 7.07. The average Bonchev–Trinajstić information content (AvgIpc) is 2.85. The van der Waals surface area contributed by atoms with Gasteiger partial charge in [-0.15, -0.1) is 0 Å². The second-order valence-electron chi connectivity index (χ2n) is 5.06. The number of ether oxygens (including phenoxy) is 1. The van der Waals surface area contributed by atoms with Gasteiger partial charge < -0.3 is 10.1 Å². The number of methoxy groups -OCH3 is 1. The Labute approximate surface area is 120 Å². The molecule has 0 saturated heterocycles. The number of rotatable bonds is 6. The maximum atomic E-state index is 5.26. The average molecular weight is 273 g/mol. The van der Waals surface area contributed by atoms with Crippen molar-refractivity contribution in [2.75, 3.05) is 7.11 Å². The van der Waals surface area contributed by atoms with Crippen LogP contribution in [0.15, 0.2) is 30.5 Å². The highest BCUT2D eigenvalue weighted by atomic mass is 16.5. The highest BCUT2D eigenvalue weighted by Crippen LogP contribution is 2.19. The van der Waals surface area contributed by atoms with Gasteiger partial charge in [-0.3, -0.25) is 0 Å². The molecule has 1 heterocycles. The maximum absolute atomic E-state index is 5.26. The Morgan fingerprint density at radius 2 is 2.20 bits per heavy atom. The van der Waals surface area contributed by atoms with Crippen molar-refractivity contribution in [3.8, 4) is 11.4 Å². The fourth-order valence-electron chi connectivity index (χ4n) is 2.05. The van der Waals surface area contributed by atoms with E-state index in [0.29, 0.717) is 6.04 Å². The van der Waals surface area contributed by atoms with Crippen molar-refractivity contribution < 1.29 is 4.74 Å². The molecule has 1 atom stereocenters. The van der Waals surface area contributed by atoms with Crippen molar-refractivity contribution in [3.05, 3.63) is 41.7 Å². The summed E-state index contributed by atoms with van der Waals surface area (Å²) in [5.74, 6) is 0.844. The summed E-state index contributed by atoms with van der Waals surface area (Å²) in [7, 11) is 1.68. The van der Waals surface area contributed by atoms with Crippen LogP contribution in [0.5, 0.6) is 5.75 Å². The molecular formula is C16H23N3O. The van der Waals surface area contributed by atoms with Crippen molar-refractivity contribution in [2.45, 2.75) is 39.8 Å². The summed E-state index contributed by atoms with van der Waals surface area (Å²) < 4.78 is 7.22. The summed E-state index contributed by atoms with van der Waals surface area (Å²) in [6, 6.07) is 8.47. The van der Waals surface area contributed by atoms with E-state index in [1.54, 1.807) is 7.11 Å². The van der Waals surface area contributed by atoms with Crippen LogP contribution in [0.2, 0.25) is 0 Å². The van der Waals surface area contributed by atoms with Gasteiger partial charge in [0.15, 0.2) is 0 Å². The van der Waals surface area contributed by atoms with E-state index in [1.165, 1.54) is 5.56 Å². The topological polar surface area (TPSA) is 39.1 Å². The zero-order valence-electron chi connectivity index (χ0n) is 12.7. The van der Waals surface area contributed by atoms with E-state index in [0.717, 1.165) is 30.1 Å². The third-order valence-corrected chi connectivity index (χ3v) is 3.66. The lowest BCUT2D eigenvalue weighted by molar-refractivity contribution is 0.414. The molecule has 2 aromatic rings. The molecule has 1 aromatic carbocycles. The highest BCUT2D eigenvalue weighted by Gasteiger charge is 2.09. The minimum absolute atomic E-state index is 0.523. The van der Waals surface area contributed by atoms with Crippen LogP contribution in [0.25, 0.3) is 5.69 Å². The smallest absolute Gasteiger partial charge is 0.121 e. The molecule has 4 nitrogen and oxygen atoms in total. The lowest BCUT2D eigenvalue weighted by Gasteiger charge is -2.11. The standard InChI is InChI=1S/C16H23N3O/c1-5-12(2)17-10-14-11-18-19(13(14)3)15-7-6-8-16(9-15)20-4/h6-9,11-12,17H,5,10H2,1-4H3. The van der Waals surface area contributed by atoms with Crippen molar-refractivity contribution in [1.82, 2.24) is 15.1 Å². The van der Waals surface area contributed by atoms with E-state index in [2.05, 4.69) is 31.2 Å². The summed E-state index contributed by atoms with van der Waals surface area (Å²) in [5.41, 5.74) is 3.42. The number of benzene rings is 1. The normalized spacial score (nSPS) is 12.4. The Balaban J connectivity index is 2.19. The first kappa shape index (κ1) is 14.6. The van der Waals surface area contributed by atoms with Crippen LogP contribution in [-0.4, -0.2) is 22.9 Å².